The Labute approximate surface area is 126 Å². The number of carbonyl (C=O) groups excluding carboxylic acids is 1. The first-order chi connectivity index (χ1) is 9.96. The lowest BCUT2D eigenvalue weighted by molar-refractivity contribution is -0.131. The Kier molecular flexibility index (Phi) is 6.46. The molecule has 1 rings (SSSR count). The van der Waals surface area contributed by atoms with E-state index in [1.165, 1.54) is 12.1 Å². The topological polar surface area (TPSA) is 20.3 Å². The van der Waals surface area contributed by atoms with Crippen molar-refractivity contribution in [3.05, 3.63) is 35.4 Å². The van der Waals surface area contributed by atoms with Gasteiger partial charge in [0.05, 0.1) is 5.54 Å². The molecule has 0 spiro atoms. The van der Waals surface area contributed by atoms with E-state index in [0.29, 0.717) is 12.8 Å². The molecular formula is C17H25F2NO. The molecule has 0 aromatic heterocycles. The zero-order chi connectivity index (χ0) is 16.0. The van der Waals surface area contributed by atoms with Crippen LogP contribution in [-0.2, 0) is 11.2 Å². The van der Waals surface area contributed by atoms with Gasteiger partial charge in [0.1, 0.15) is 0 Å². The highest BCUT2D eigenvalue weighted by Crippen LogP contribution is 2.27. The van der Waals surface area contributed by atoms with E-state index < -0.39 is 17.2 Å². The van der Waals surface area contributed by atoms with Crippen LogP contribution in [0.3, 0.4) is 0 Å². The molecule has 1 aromatic rings. The van der Waals surface area contributed by atoms with E-state index in [1.807, 2.05) is 27.7 Å². The smallest absolute Gasteiger partial charge is 0.162 e. The van der Waals surface area contributed by atoms with Gasteiger partial charge in [-0.15, -0.1) is 0 Å². The zero-order valence-corrected chi connectivity index (χ0v) is 13.4. The summed E-state index contributed by atoms with van der Waals surface area (Å²) >= 11 is 0. The van der Waals surface area contributed by atoms with Crippen molar-refractivity contribution < 1.29 is 13.6 Å². The van der Waals surface area contributed by atoms with Crippen molar-refractivity contribution in [3.63, 3.8) is 0 Å². The summed E-state index contributed by atoms with van der Waals surface area (Å²) in [5.74, 6) is -1.85. The van der Waals surface area contributed by atoms with Crippen molar-refractivity contribution in [2.24, 2.45) is 0 Å². The fraction of sp³-hybridized carbons (Fsp3) is 0.588. The highest BCUT2D eigenvalue weighted by Gasteiger charge is 2.39. The molecule has 0 saturated carbocycles. The third-order valence-corrected chi connectivity index (χ3v) is 4.44. The summed E-state index contributed by atoms with van der Waals surface area (Å²) < 4.78 is 27.1. The van der Waals surface area contributed by atoms with Crippen LogP contribution in [0.25, 0.3) is 0 Å². The van der Waals surface area contributed by atoms with Crippen molar-refractivity contribution in [1.82, 2.24) is 4.90 Å². The molecule has 0 amide bonds. The number of rotatable bonds is 8. The van der Waals surface area contributed by atoms with Crippen LogP contribution in [0.4, 0.5) is 8.78 Å². The van der Waals surface area contributed by atoms with Crippen LogP contribution in [0.1, 0.15) is 46.1 Å². The average Bonchev–Trinajstić information content (AvgIpc) is 2.49. The number of nitrogens with zero attached hydrogens (tertiary/aromatic N) is 1. The SMILES string of the molecule is CCN(CC)C(CC)(CC)C(=O)Cc1cccc(F)c1F. The molecule has 0 N–H and O–H groups in total. The van der Waals surface area contributed by atoms with E-state index in [2.05, 4.69) is 4.90 Å². The lowest BCUT2D eigenvalue weighted by Gasteiger charge is -2.41. The van der Waals surface area contributed by atoms with Crippen molar-refractivity contribution in [2.45, 2.75) is 52.5 Å². The lowest BCUT2D eigenvalue weighted by atomic mass is 9.83. The van der Waals surface area contributed by atoms with Crippen LogP contribution >= 0.6 is 0 Å². The summed E-state index contributed by atoms with van der Waals surface area (Å²) in [5.41, 5.74) is -0.458. The van der Waals surface area contributed by atoms with E-state index >= 15 is 0 Å². The first-order valence-corrected chi connectivity index (χ1v) is 7.67. The Hall–Kier alpha value is -1.29. The molecule has 0 unspecified atom stereocenters. The molecule has 1 aromatic carbocycles. The normalized spacial score (nSPS) is 12.0. The largest absolute Gasteiger partial charge is 0.297 e. The first-order valence-electron chi connectivity index (χ1n) is 7.67. The summed E-state index contributed by atoms with van der Waals surface area (Å²) in [6.45, 7) is 9.49. The van der Waals surface area contributed by atoms with Crippen molar-refractivity contribution >= 4 is 5.78 Å². The van der Waals surface area contributed by atoms with E-state index in [4.69, 9.17) is 0 Å². The number of likely N-dealkylation sites (N-methyl/N-ethyl adjacent to an activating group) is 1. The Morgan fingerprint density at radius 3 is 2.14 bits per heavy atom. The number of benzene rings is 1. The predicted octanol–water partition coefficient (Wildman–Crippen LogP) is 3.98. The summed E-state index contributed by atoms with van der Waals surface area (Å²) in [5, 5.41) is 0. The van der Waals surface area contributed by atoms with Gasteiger partial charge in [0.25, 0.3) is 0 Å². The van der Waals surface area contributed by atoms with Gasteiger partial charge in [-0.2, -0.15) is 0 Å². The maximum absolute atomic E-state index is 13.8. The Morgan fingerprint density at radius 1 is 1.10 bits per heavy atom. The first kappa shape index (κ1) is 17.8. The number of hydrogen-bond acceptors (Lipinski definition) is 2. The minimum atomic E-state index is -0.911. The van der Waals surface area contributed by atoms with E-state index in [1.54, 1.807) is 0 Å². The third kappa shape index (κ3) is 3.49. The van der Waals surface area contributed by atoms with Crippen LogP contribution < -0.4 is 0 Å². The molecule has 2 nitrogen and oxygen atoms in total. The van der Waals surface area contributed by atoms with Gasteiger partial charge in [-0.25, -0.2) is 8.78 Å². The summed E-state index contributed by atoms with van der Waals surface area (Å²) in [6, 6.07) is 3.99. The summed E-state index contributed by atoms with van der Waals surface area (Å²) in [4.78, 5) is 14.9. The maximum atomic E-state index is 13.8. The summed E-state index contributed by atoms with van der Waals surface area (Å²) in [7, 11) is 0. The van der Waals surface area contributed by atoms with Crippen LogP contribution in [0, 0.1) is 11.6 Å². The Balaban J connectivity index is 3.10. The Morgan fingerprint density at radius 2 is 1.67 bits per heavy atom. The molecule has 0 aliphatic heterocycles. The fourth-order valence-corrected chi connectivity index (χ4v) is 3.12. The van der Waals surface area contributed by atoms with Gasteiger partial charge in [0, 0.05) is 6.42 Å². The van der Waals surface area contributed by atoms with Crippen LogP contribution in [-0.4, -0.2) is 29.3 Å². The molecule has 0 saturated heterocycles. The van der Waals surface area contributed by atoms with Gasteiger partial charge in [-0.3, -0.25) is 9.69 Å². The highest BCUT2D eigenvalue weighted by atomic mass is 19.2. The van der Waals surface area contributed by atoms with Gasteiger partial charge in [0.15, 0.2) is 17.4 Å². The second kappa shape index (κ2) is 7.64. The number of halogens is 2. The van der Waals surface area contributed by atoms with Gasteiger partial charge in [-0.05, 0) is 37.6 Å². The minimum absolute atomic E-state index is 0.0410. The molecule has 21 heavy (non-hydrogen) atoms. The molecule has 4 heteroatoms. The Bertz CT molecular complexity index is 480. The highest BCUT2D eigenvalue weighted by molar-refractivity contribution is 5.90. The van der Waals surface area contributed by atoms with Crippen molar-refractivity contribution in [2.75, 3.05) is 13.1 Å². The number of Topliss-reactive ketones (excluding diaryl/α,β-unsaturated/α-hetero) is 1. The summed E-state index contributed by atoms with van der Waals surface area (Å²) in [6.07, 6.45) is 1.27. The molecule has 0 radical (unpaired) electrons. The second-order valence-electron chi connectivity index (χ2n) is 5.22. The molecule has 0 aliphatic rings. The van der Waals surface area contributed by atoms with Gasteiger partial charge in [0.2, 0.25) is 0 Å². The van der Waals surface area contributed by atoms with Crippen molar-refractivity contribution in [1.29, 1.82) is 0 Å². The van der Waals surface area contributed by atoms with Gasteiger partial charge < -0.3 is 0 Å². The molecule has 0 heterocycles. The quantitative estimate of drug-likeness (QED) is 0.723. The van der Waals surface area contributed by atoms with Crippen LogP contribution in [0.2, 0.25) is 0 Å². The van der Waals surface area contributed by atoms with E-state index in [-0.39, 0.29) is 17.8 Å². The fourth-order valence-electron chi connectivity index (χ4n) is 3.12. The van der Waals surface area contributed by atoms with Crippen LogP contribution in [0.15, 0.2) is 18.2 Å². The third-order valence-electron chi connectivity index (χ3n) is 4.44. The van der Waals surface area contributed by atoms with Crippen molar-refractivity contribution in [3.8, 4) is 0 Å². The monoisotopic (exact) mass is 297 g/mol. The molecular weight excluding hydrogens is 272 g/mol. The minimum Gasteiger partial charge on any atom is -0.297 e. The standard InChI is InChI=1S/C17H25F2NO/c1-5-17(6-2,20(7-3)8-4)15(21)12-13-10-9-11-14(18)16(13)19/h9-11H,5-8,12H2,1-4H3. The molecule has 0 bridgehead atoms. The maximum Gasteiger partial charge on any atom is 0.162 e. The van der Waals surface area contributed by atoms with E-state index in [9.17, 15) is 13.6 Å². The molecule has 0 atom stereocenters. The molecule has 118 valence electrons. The number of carbonyl (C=O) groups is 1. The van der Waals surface area contributed by atoms with Gasteiger partial charge >= 0.3 is 0 Å². The molecule has 0 aliphatic carbocycles. The zero-order valence-electron chi connectivity index (χ0n) is 13.4. The molecule has 0 fully saturated rings. The lowest BCUT2D eigenvalue weighted by Crippen LogP contribution is -2.54. The van der Waals surface area contributed by atoms with Gasteiger partial charge in [-0.1, -0.05) is 39.8 Å². The second-order valence-corrected chi connectivity index (χ2v) is 5.22. The average molecular weight is 297 g/mol. The van der Waals surface area contributed by atoms with Crippen LogP contribution in [0.5, 0.6) is 0 Å². The number of hydrogen-bond donors (Lipinski definition) is 0. The predicted molar refractivity (Wildman–Crippen MR) is 81.3 cm³/mol. The number of ketones is 1. The van der Waals surface area contributed by atoms with E-state index in [0.717, 1.165) is 19.2 Å².